The number of aromatic nitrogens is 3. The first kappa shape index (κ1) is 13.2. The quantitative estimate of drug-likeness (QED) is 0.657. The number of alkyl halides is 3. The maximum absolute atomic E-state index is 12.8. The Morgan fingerprint density at radius 2 is 1.95 bits per heavy atom. The number of halogens is 3. The molecule has 3 rings (SSSR count). The first-order valence-electron chi connectivity index (χ1n) is 6.43. The molecule has 3 N–H and O–H groups in total. The number of hydrogen-bond acceptors (Lipinski definition) is 4. The van der Waals surface area contributed by atoms with Gasteiger partial charge in [-0.15, -0.1) is 0 Å². The summed E-state index contributed by atoms with van der Waals surface area (Å²) < 4.78 is 39.7. The van der Waals surface area contributed by atoms with Gasteiger partial charge in [-0.3, -0.25) is 0 Å². The van der Waals surface area contributed by atoms with Crippen LogP contribution in [0.3, 0.4) is 0 Å². The van der Waals surface area contributed by atoms with Crippen molar-refractivity contribution >= 4 is 11.5 Å². The summed E-state index contributed by atoms with van der Waals surface area (Å²) in [6.45, 7) is 0. The standard InChI is InChI=1S/C12H14F3N5/c13-12(14,15)9-6-11(18-16)20-10(17-9)5-8(19-20)7-3-1-2-4-7/h5-7,18H,1-4,16H2. The average molecular weight is 285 g/mol. The fourth-order valence-corrected chi connectivity index (χ4v) is 2.66. The summed E-state index contributed by atoms with van der Waals surface area (Å²) in [6, 6.07) is 2.48. The molecule has 0 radical (unpaired) electrons. The average Bonchev–Trinajstić information content (AvgIpc) is 3.04. The van der Waals surface area contributed by atoms with Gasteiger partial charge in [0.15, 0.2) is 11.3 Å². The van der Waals surface area contributed by atoms with Gasteiger partial charge in [0, 0.05) is 18.1 Å². The monoisotopic (exact) mass is 285 g/mol. The van der Waals surface area contributed by atoms with Crippen molar-refractivity contribution in [3.05, 3.63) is 23.5 Å². The van der Waals surface area contributed by atoms with Crippen molar-refractivity contribution in [1.29, 1.82) is 0 Å². The van der Waals surface area contributed by atoms with Crippen molar-refractivity contribution in [2.75, 3.05) is 5.43 Å². The minimum absolute atomic E-state index is 0.0755. The lowest BCUT2D eigenvalue weighted by Crippen LogP contribution is -2.16. The molecular weight excluding hydrogens is 271 g/mol. The third kappa shape index (κ3) is 2.20. The first-order valence-corrected chi connectivity index (χ1v) is 6.43. The fourth-order valence-electron chi connectivity index (χ4n) is 2.66. The zero-order chi connectivity index (χ0) is 14.3. The molecule has 2 aromatic heterocycles. The molecule has 0 aromatic carbocycles. The van der Waals surface area contributed by atoms with Gasteiger partial charge < -0.3 is 5.43 Å². The zero-order valence-electron chi connectivity index (χ0n) is 10.6. The van der Waals surface area contributed by atoms with Gasteiger partial charge in [-0.05, 0) is 12.8 Å². The summed E-state index contributed by atoms with van der Waals surface area (Å²) in [4.78, 5) is 3.63. The van der Waals surface area contributed by atoms with Crippen molar-refractivity contribution in [2.24, 2.45) is 5.84 Å². The smallest absolute Gasteiger partial charge is 0.308 e. The van der Waals surface area contributed by atoms with E-state index in [2.05, 4.69) is 15.5 Å². The molecule has 8 heteroatoms. The number of nitrogen functional groups attached to an aromatic ring is 1. The second-order valence-electron chi connectivity index (χ2n) is 4.99. The molecule has 1 saturated carbocycles. The fraction of sp³-hybridized carbons (Fsp3) is 0.500. The number of anilines is 1. The lowest BCUT2D eigenvalue weighted by Gasteiger charge is -2.09. The number of nitrogens with two attached hydrogens (primary N) is 1. The van der Waals surface area contributed by atoms with Crippen LogP contribution in [0.2, 0.25) is 0 Å². The largest absolute Gasteiger partial charge is 0.433 e. The van der Waals surface area contributed by atoms with Crippen LogP contribution in [0.25, 0.3) is 5.65 Å². The first-order chi connectivity index (χ1) is 9.49. The van der Waals surface area contributed by atoms with Crippen molar-refractivity contribution in [3.8, 4) is 0 Å². The molecule has 0 amide bonds. The Kier molecular flexibility index (Phi) is 3.04. The van der Waals surface area contributed by atoms with Crippen LogP contribution >= 0.6 is 0 Å². The molecule has 5 nitrogen and oxygen atoms in total. The van der Waals surface area contributed by atoms with E-state index in [1.165, 1.54) is 4.52 Å². The lowest BCUT2D eigenvalue weighted by atomic mass is 10.1. The highest BCUT2D eigenvalue weighted by Crippen LogP contribution is 2.35. The van der Waals surface area contributed by atoms with E-state index in [0.29, 0.717) is 5.92 Å². The van der Waals surface area contributed by atoms with Gasteiger partial charge in [0.25, 0.3) is 0 Å². The number of rotatable bonds is 2. The van der Waals surface area contributed by atoms with Gasteiger partial charge in [0.2, 0.25) is 0 Å². The molecule has 0 aliphatic heterocycles. The van der Waals surface area contributed by atoms with E-state index in [1.54, 1.807) is 6.07 Å². The molecule has 1 fully saturated rings. The van der Waals surface area contributed by atoms with Crippen LogP contribution in [0, 0.1) is 0 Å². The van der Waals surface area contributed by atoms with Crippen LogP contribution in [-0.4, -0.2) is 14.6 Å². The minimum Gasteiger partial charge on any atom is -0.308 e. The second kappa shape index (κ2) is 4.62. The summed E-state index contributed by atoms with van der Waals surface area (Å²) in [5.74, 6) is 5.66. The molecule has 0 bridgehead atoms. The van der Waals surface area contributed by atoms with E-state index >= 15 is 0 Å². The van der Waals surface area contributed by atoms with Gasteiger partial charge >= 0.3 is 6.18 Å². The molecule has 0 atom stereocenters. The van der Waals surface area contributed by atoms with Crippen LogP contribution < -0.4 is 11.3 Å². The summed E-state index contributed by atoms with van der Waals surface area (Å²) in [7, 11) is 0. The predicted molar refractivity (Wildman–Crippen MR) is 67.0 cm³/mol. The molecule has 1 aliphatic rings. The molecule has 2 aromatic rings. The molecule has 0 unspecified atom stereocenters. The van der Waals surface area contributed by atoms with Crippen LogP contribution in [0.4, 0.5) is 19.0 Å². The van der Waals surface area contributed by atoms with Crippen molar-refractivity contribution in [1.82, 2.24) is 14.6 Å². The van der Waals surface area contributed by atoms with E-state index in [4.69, 9.17) is 5.84 Å². The van der Waals surface area contributed by atoms with E-state index in [0.717, 1.165) is 37.4 Å². The second-order valence-corrected chi connectivity index (χ2v) is 4.99. The minimum atomic E-state index is -4.51. The Hall–Kier alpha value is -1.83. The Morgan fingerprint density at radius 1 is 1.25 bits per heavy atom. The topological polar surface area (TPSA) is 68.2 Å². The Morgan fingerprint density at radius 3 is 2.55 bits per heavy atom. The molecule has 2 heterocycles. The number of hydrogen-bond donors (Lipinski definition) is 2. The zero-order valence-corrected chi connectivity index (χ0v) is 10.6. The van der Waals surface area contributed by atoms with Crippen molar-refractivity contribution in [2.45, 2.75) is 37.8 Å². The molecule has 1 aliphatic carbocycles. The van der Waals surface area contributed by atoms with Gasteiger partial charge in [0.1, 0.15) is 5.82 Å². The van der Waals surface area contributed by atoms with Crippen LogP contribution in [0.15, 0.2) is 12.1 Å². The summed E-state index contributed by atoms with van der Waals surface area (Å²) in [5.41, 5.74) is 2.22. The molecule has 108 valence electrons. The lowest BCUT2D eigenvalue weighted by molar-refractivity contribution is -0.141. The Balaban J connectivity index is 2.11. The number of hydrazine groups is 1. The highest BCUT2D eigenvalue weighted by molar-refractivity contribution is 5.51. The maximum atomic E-state index is 12.8. The summed E-state index contributed by atoms with van der Waals surface area (Å²) >= 11 is 0. The highest BCUT2D eigenvalue weighted by Gasteiger charge is 2.34. The van der Waals surface area contributed by atoms with Gasteiger partial charge in [-0.1, -0.05) is 12.8 Å². The number of fused-ring (bicyclic) bond motifs is 1. The number of nitrogens with one attached hydrogen (secondary N) is 1. The van der Waals surface area contributed by atoms with E-state index in [9.17, 15) is 13.2 Å². The highest BCUT2D eigenvalue weighted by atomic mass is 19.4. The van der Waals surface area contributed by atoms with Crippen molar-refractivity contribution < 1.29 is 13.2 Å². The predicted octanol–water partition coefficient (Wildman–Crippen LogP) is 2.69. The molecule has 0 saturated heterocycles. The maximum Gasteiger partial charge on any atom is 0.433 e. The summed E-state index contributed by atoms with van der Waals surface area (Å²) in [6.07, 6.45) is -0.225. The number of nitrogens with zero attached hydrogens (tertiary/aromatic N) is 3. The summed E-state index contributed by atoms with van der Waals surface area (Å²) in [5, 5.41) is 4.33. The van der Waals surface area contributed by atoms with Crippen LogP contribution in [0.1, 0.15) is 43.0 Å². The van der Waals surface area contributed by atoms with Gasteiger partial charge in [0.05, 0.1) is 5.69 Å². The van der Waals surface area contributed by atoms with E-state index < -0.39 is 11.9 Å². The normalized spacial score (nSPS) is 17.0. The van der Waals surface area contributed by atoms with Gasteiger partial charge in [-0.2, -0.15) is 22.8 Å². The Bertz CT molecular complexity index is 628. The van der Waals surface area contributed by atoms with Gasteiger partial charge in [-0.25, -0.2) is 10.8 Å². The van der Waals surface area contributed by atoms with Crippen LogP contribution in [-0.2, 0) is 6.18 Å². The van der Waals surface area contributed by atoms with Crippen molar-refractivity contribution in [3.63, 3.8) is 0 Å². The third-order valence-electron chi connectivity index (χ3n) is 3.66. The molecule has 0 spiro atoms. The third-order valence-corrected chi connectivity index (χ3v) is 3.66. The SMILES string of the molecule is NNc1cc(C(F)(F)F)nc2cc(C3CCCC3)nn12. The van der Waals surface area contributed by atoms with E-state index in [1.807, 2.05) is 0 Å². The Labute approximate surface area is 112 Å². The molecular formula is C12H14F3N5. The van der Waals surface area contributed by atoms with Crippen LogP contribution in [0.5, 0.6) is 0 Å². The molecule has 20 heavy (non-hydrogen) atoms. The van der Waals surface area contributed by atoms with E-state index in [-0.39, 0.29) is 11.5 Å².